The van der Waals surface area contributed by atoms with Crippen LogP contribution in [0.5, 0.6) is 0 Å². The van der Waals surface area contributed by atoms with E-state index in [2.05, 4.69) is 20.0 Å². The molecule has 0 spiro atoms. The van der Waals surface area contributed by atoms with Crippen LogP contribution in [0.1, 0.15) is 46.3 Å². The Hall–Kier alpha value is -3.03. The number of amides is 1. The quantitative estimate of drug-likeness (QED) is 0.779. The fraction of sp³-hybridized carbons (Fsp3) is 0.455. The zero-order valence-corrected chi connectivity index (χ0v) is 17.1. The number of carbonyl (C=O) groups excluding carboxylic acids is 1. The third-order valence-corrected chi connectivity index (χ3v) is 6.25. The fourth-order valence-corrected chi connectivity index (χ4v) is 4.73. The average Bonchev–Trinajstić information content (AvgIpc) is 3.22. The van der Waals surface area contributed by atoms with Crippen molar-refractivity contribution in [2.45, 2.75) is 38.8 Å². The Balaban J connectivity index is 1.38. The largest absolute Gasteiger partial charge is 0.387 e. The minimum absolute atomic E-state index is 0.0764. The Morgan fingerprint density at radius 1 is 1.20 bits per heavy atom. The molecule has 3 atom stereocenters. The molecule has 0 radical (unpaired) electrons. The highest BCUT2D eigenvalue weighted by Crippen LogP contribution is 2.37. The molecule has 7 nitrogen and oxygen atoms in total. The minimum Gasteiger partial charge on any atom is -0.387 e. The molecule has 1 aromatic carbocycles. The average molecular weight is 409 g/mol. The predicted octanol–water partition coefficient (Wildman–Crippen LogP) is 3.03. The second kappa shape index (κ2) is 7.34. The van der Waals surface area contributed by atoms with E-state index in [1.807, 2.05) is 24.8 Å². The Morgan fingerprint density at radius 3 is 2.73 bits per heavy atom. The number of piperidine rings is 1. The highest BCUT2D eigenvalue weighted by atomic mass is 19.1. The first-order valence-electron chi connectivity index (χ1n) is 10.4. The van der Waals surface area contributed by atoms with Crippen LogP contribution in [0.25, 0.3) is 0 Å². The third kappa shape index (κ3) is 3.20. The van der Waals surface area contributed by atoms with E-state index in [4.69, 9.17) is 4.84 Å². The summed E-state index contributed by atoms with van der Waals surface area (Å²) in [4.78, 5) is 31.8. The molecule has 2 saturated heterocycles. The zero-order chi connectivity index (χ0) is 20.8. The number of aryl methyl sites for hydroxylation is 2. The standard InChI is InChI=1S/C22H24FN5O2/c1-13-10-14(2)26-22(25-13)27-9-7-15-11-28(18(15)12-27)21(29)16-4-3-5-17(23)20(16)19-6-8-24-30-19/h3-5,8,10,15,18-19H,6-7,9,11-12H2,1-2H3/t15-,18-,19?/m1/s1. The lowest BCUT2D eigenvalue weighted by atomic mass is 9.81. The molecule has 5 rings (SSSR count). The molecule has 2 aromatic rings. The highest BCUT2D eigenvalue weighted by molar-refractivity contribution is 5.97. The van der Waals surface area contributed by atoms with Gasteiger partial charge in [-0.1, -0.05) is 11.2 Å². The van der Waals surface area contributed by atoms with E-state index in [9.17, 15) is 9.18 Å². The molecule has 8 heteroatoms. The first-order valence-corrected chi connectivity index (χ1v) is 10.4. The molecule has 1 amide bonds. The van der Waals surface area contributed by atoms with Crippen LogP contribution in [0.3, 0.4) is 0 Å². The second-order valence-electron chi connectivity index (χ2n) is 8.29. The van der Waals surface area contributed by atoms with Crippen molar-refractivity contribution in [2.24, 2.45) is 11.1 Å². The van der Waals surface area contributed by atoms with Gasteiger partial charge in [-0.15, -0.1) is 0 Å². The normalized spacial score (nSPS) is 25.0. The van der Waals surface area contributed by atoms with Crippen LogP contribution in [-0.4, -0.2) is 52.7 Å². The molecule has 3 aliphatic rings. The van der Waals surface area contributed by atoms with Gasteiger partial charge in [-0.25, -0.2) is 14.4 Å². The molecule has 0 saturated carbocycles. The van der Waals surface area contributed by atoms with Gasteiger partial charge in [0.15, 0.2) is 6.10 Å². The molecule has 3 aliphatic heterocycles. The summed E-state index contributed by atoms with van der Waals surface area (Å²) in [6, 6.07) is 6.66. The molecule has 0 aliphatic carbocycles. The third-order valence-electron chi connectivity index (χ3n) is 6.25. The number of fused-ring (bicyclic) bond motifs is 1. The molecule has 0 N–H and O–H groups in total. The van der Waals surface area contributed by atoms with Crippen LogP contribution in [-0.2, 0) is 4.84 Å². The number of benzene rings is 1. The summed E-state index contributed by atoms with van der Waals surface area (Å²) < 4.78 is 14.6. The van der Waals surface area contributed by atoms with Crippen molar-refractivity contribution in [1.29, 1.82) is 0 Å². The molecular formula is C22H24FN5O2. The Morgan fingerprint density at radius 2 is 2.00 bits per heavy atom. The number of rotatable bonds is 3. The van der Waals surface area contributed by atoms with Gasteiger partial charge in [0.1, 0.15) is 5.82 Å². The number of anilines is 1. The van der Waals surface area contributed by atoms with Gasteiger partial charge in [-0.3, -0.25) is 4.79 Å². The van der Waals surface area contributed by atoms with Crippen LogP contribution in [0.15, 0.2) is 29.4 Å². The number of halogens is 1. The van der Waals surface area contributed by atoms with Crippen molar-refractivity contribution in [3.05, 3.63) is 52.6 Å². The number of oxime groups is 1. The first-order chi connectivity index (χ1) is 14.5. The van der Waals surface area contributed by atoms with E-state index in [1.165, 1.54) is 6.07 Å². The molecule has 156 valence electrons. The van der Waals surface area contributed by atoms with Crippen molar-refractivity contribution in [1.82, 2.24) is 14.9 Å². The van der Waals surface area contributed by atoms with Gasteiger partial charge in [0, 0.05) is 60.7 Å². The fourth-order valence-electron chi connectivity index (χ4n) is 4.73. The summed E-state index contributed by atoms with van der Waals surface area (Å²) in [7, 11) is 0. The molecular weight excluding hydrogens is 385 g/mol. The Kier molecular flexibility index (Phi) is 4.64. The van der Waals surface area contributed by atoms with Crippen LogP contribution in [0, 0.1) is 25.6 Å². The number of hydrogen-bond donors (Lipinski definition) is 0. The number of likely N-dealkylation sites (tertiary alicyclic amines) is 1. The molecule has 1 unspecified atom stereocenters. The van der Waals surface area contributed by atoms with Gasteiger partial charge in [0.25, 0.3) is 5.91 Å². The van der Waals surface area contributed by atoms with Crippen molar-refractivity contribution in [3.63, 3.8) is 0 Å². The zero-order valence-electron chi connectivity index (χ0n) is 17.1. The lowest BCUT2D eigenvalue weighted by Crippen LogP contribution is -2.66. The topological polar surface area (TPSA) is 70.9 Å². The summed E-state index contributed by atoms with van der Waals surface area (Å²) >= 11 is 0. The summed E-state index contributed by atoms with van der Waals surface area (Å²) in [6.45, 7) is 6.19. The van der Waals surface area contributed by atoms with Gasteiger partial charge in [-0.2, -0.15) is 0 Å². The van der Waals surface area contributed by atoms with Crippen LogP contribution >= 0.6 is 0 Å². The van der Waals surface area contributed by atoms with E-state index in [0.717, 1.165) is 24.4 Å². The summed E-state index contributed by atoms with van der Waals surface area (Å²) in [6.07, 6.45) is 2.51. The molecule has 4 heterocycles. The maximum absolute atomic E-state index is 14.6. The van der Waals surface area contributed by atoms with Crippen LogP contribution < -0.4 is 4.90 Å². The van der Waals surface area contributed by atoms with Gasteiger partial charge in [0.2, 0.25) is 5.95 Å². The second-order valence-corrected chi connectivity index (χ2v) is 8.29. The van der Waals surface area contributed by atoms with E-state index in [0.29, 0.717) is 42.5 Å². The van der Waals surface area contributed by atoms with Crippen molar-refractivity contribution >= 4 is 18.1 Å². The number of nitrogens with zero attached hydrogens (tertiary/aromatic N) is 5. The van der Waals surface area contributed by atoms with Crippen molar-refractivity contribution in [3.8, 4) is 0 Å². The monoisotopic (exact) mass is 409 g/mol. The first kappa shape index (κ1) is 19.0. The predicted molar refractivity (Wildman–Crippen MR) is 110 cm³/mol. The summed E-state index contributed by atoms with van der Waals surface area (Å²) in [5.74, 6) is 0.596. The maximum Gasteiger partial charge on any atom is 0.254 e. The number of hydrogen-bond acceptors (Lipinski definition) is 6. The van der Waals surface area contributed by atoms with E-state index < -0.39 is 11.9 Å². The smallest absolute Gasteiger partial charge is 0.254 e. The van der Waals surface area contributed by atoms with Crippen LogP contribution in [0.4, 0.5) is 10.3 Å². The number of carbonyl (C=O) groups is 1. The number of aromatic nitrogens is 2. The van der Waals surface area contributed by atoms with Gasteiger partial charge in [-0.05, 0) is 38.5 Å². The van der Waals surface area contributed by atoms with Gasteiger partial charge in [0.05, 0.1) is 6.04 Å². The van der Waals surface area contributed by atoms with Gasteiger partial charge >= 0.3 is 0 Å². The molecule has 0 bridgehead atoms. The van der Waals surface area contributed by atoms with E-state index in [-0.39, 0.29) is 11.9 Å². The lowest BCUT2D eigenvalue weighted by molar-refractivity contribution is 0.00691. The van der Waals surface area contributed by atoms with Gasteiger partial charge < -0.3 is 14.6 Å². The minimum atomic E-state index is -0.547. The molecule has 30 heavy (non-hydrogen) atoms. The molecule has 2 fully saturated rings. The lowest BCUT2D eigenvalue weighted by Gasteiger charge is -2.53. The Labute approximate surface area is 174 Å². The Bertz CT molecular complexity index is 998. The SMILES string of the molecule is Cc1cc(C)nc(N2CC[C@@H]3CN(C(=O)c4cccc(F)c4C4CC=NO4)[C@@H]3C2)n1. The van der Waals surface area contributed by atoms with Crippen molar-refractivity contribution in [2.75, 3.05) is 24.5 Å². The molecule has 1 aromatic heterocycles. The van der Waals surface area contributed by atoms with E-state index in [1.54, 1.807) is 18.3 Å². The summed E-state index contributed by atoms with van der Waals surface area (Å²) in [5, 5.41) is 3.75. The van der Waals surface area contributed by atoms with E-state index >= 15 is 0 Å². The van der Waals surface area contributed by atoms with Crippen molar-refractivity contribution < 1.29 is 14.0 Å². The highest BCUT2D eigenvalue weighted by Gasteiger charge is 2.46. The summed E-state index contributed by atoms with van der Waals surface area (Å²) in [5.41, 5.74) is 2.53. The maximum atomic E-state index is 14.6. The van der Waals surface area contributed by atoms with Crippen LogP contribution in [0.2, 0.25) is 0 Å².